The van der Waals surface area contributed by atoms with Crippen LogP contribution in [0.15, 0.2) is 76.5 Å². The number of nitriles is 1. The van der Waals surface area contributed by atoms with Crippen molar-refractivity contribution < 1.29 is 13.2 Å². The maximum Gasteiger partial charge on any atom is 0.262 e. The predicted octanol–water partition coefficient (Wildman–Crippen LogP) is 5.32. The van der Waals surface area contributed by atoms with Gasteiger partial charge in [0.05, 0.1) is 22.3 Å². The number of hydrogen-bond donors (Lipinski definition) is 2. The Balaban J connectivity index is 1.85. The maximum absolute atomic E-state index is 12.9. The molecule has 0 aliphatic rings. The van der Waals surface area contributed by atoms with Crippen LogP contribution >= 0.6 is 23.4 Å². The van der Waals surface area contributed by atoms with Gasteiger partial charge >= 0.3 is 0 Å². The van der Waals surface area contributed by atoms with Gasteiger partial charge in [0.25, 0.3) is 15.9 Å². The van der Waals surface area contributed by atoms with Crippen molar-refractivity contribution in [1.82, 2.24) is 0 Å². The summed E-state index contributed by atoms with van der Waals surface area (Å²) in [4.78, 5) is 13.5. The average Bonchev–Trinajstić information content (AvgIpc) is 2.75. The molecule has 0 unspecified atom stereocenters. The molecule has 31 heavy (non-hydrogen) atoms. The molecule has 0 radical (unpaired) electrons. The first kappa shape index (κ1) is 22.7. The number of nitrogens with one attached hydrogen (secondary N) is 2. The van der Waals surface area contributed by atoms with Crippen LogP contribution in [0.5, 0.6) is 0 Å². The maximum atomic E-state index is 12.9. The lowest BCUT2D eigenvalue weighted by Crippen LogP contribution is -2.16. The third kappa shape index (κ3) is 5.79. The molecular weight excluding hydrogens is 454 g/mol. The zero-order valence-corrected chi connectivity index (χ0v) is 18.8. The molecule has 3 aromatic carbocycles. The SMILES string of the molecule is Cc1ccc(NC(=O)c2ccccc2SCC#N)cc1S(=O)(=O)Nc1ccc(Cl)cc1. The van der Waals surface area contributed by atoms with Gasteiger partial charge in [0.15, 0.2) is 0 Å². The summed E-state index contributed by atoms with van der Waals surface area (Å²) >= 11 is 7.11. The quantitative estimate of drug-likeness (QED) is 0.454. The summed E-state index contributed by atoms with van der Waals surface area (Å²) in [5.74, 6) is -0.174. The van der Waals surface area contributed by atoms with Gasteiger partial charge in [0.2, 0.25) is 0 Å². The predicted molar refractivity (Wildman–Crippen MR) is 124 cm³/mol. The van der Waals surface area contributed by atoms with Crippen LogP contribution in [-0.4, -0.2) is 20.1 Å². The summed E-state index contributed by atoms with van der Waals surface area (Å²) in [6.07, 6.45) is 0. The van der Waals surface area contributed by atoms with Crippen LogP contribution < -0.4 is 10.0 Å². The molecule has 6 nitrogen and oxygen atoms in total. The molecule has 2 N–H and O–H groups in total. The van der Waals surface area contributed by atoms with Crippen LogP contribution in [0.3, 0.4) is 0 Å². The summed E-state index contributed by atoms with van der Waals surface area (Å²) in [6.45, 7) is 1.68. The van der Waals surface area contributed by atoms with Gasteiger partial charge in [-0.25, -0.2) is 8.42 Å². The molecule has 158 valence electrons. The van der Waals surface area contributed by atoms with Crippen molar-refractivity contribution in [3.8, 4) is 6.07 Å². The molecule has 0 heterocycles. The van der Waals surface area contributed by atoms with E-state index in [0.29, 0.717) is 32.4 Å². The lowest BCUT2D eigenvalue weighted by atomic mass is 10.2. The number of sulfonamides is 1. The van der Waals surface area contributed by atoms with E-state index in [4.69, 9.17) is 16.9 Å². The molecule has 0 aliphatic heterocycles. The van der Waals surface area contributed by atoms with E-state index in [1.54, 1.807) is 67.6 Å². The smallest absolute Gasteiger partial charge is 0.262 e. The van der Waals surface area contributed by atoms with Crippen LogP contribution in [0.1, 0.15) is 15.9 Å². The van der Waals surface area contributed by atoms with Gasteiger partial charge < -0.3 is 5.32 Å². The summed E-state index contributed by atoms with van der Waals surface area (Å²) in [6, 6.07) is 20.0. The number of benzene rings is 3. The van der Waals surface area contributed by atoms with Crippen LogP contribution in [0.25, 0.3) is 0 Å². The summed E-state index contributed by atoms with van der Waals surface area (Å²) in [7, 11) is -3.88. The Kier molecular flexibility index (Phi) is 7.23. The van der Waals surface area contributed by atoms with E-state index in [1.807, 2.05) is 6.07 Å². The monoisotopic (exact) mass is 471 g/mol. The number of nitrogens with zero attached hydrogens (tertiary/aromatic N) is 1. The first-order valence-electron chi connectivity index (χ1n) is 9.09. The minimum Gasteiger partial charge on any atom is -0.322 e. The first-order valence-corrected chi connectivity index (χ1v) is 11.9. The van der Waals surface area contributed by atoms with Crippen molar-refractivity contribution in [3.63, 3.8) is 0 Å². The Morgan fingerprint density at radius 1 is 1.06 bits per heavy atom. The second kappa shape index (κ2) is 9.88. The van der Waals surface area contributed by atoms with Crippen molar-refractivity contribution in [3.05, 3.63) is 82.9 Å². The number of aryl methyl sites for hydroxylation is 1. The molecular formula is C22H18ClN3O3S2. The lowest BCUT2D eigenvalue weighted by Gasteiger charge is -2.13. The molecule has 0 saturated heterocycles. The fraction of sp³-hybridized carbons (Fsp3) is 0.0909. The molecule has 3 rings (SSSR count). The molecule has 0 spiro atoms. The van der Waals surface area contributed by atoms with Gasteiger partial charge in [-0.15, -0.1) is 11.8 Å². The molecule has 0 aliphatic carbocycles. The molecule has 3 aromatic rings. The third-order valence-corrected chi connectivity index (χ3v) is 6.97. The summed E-state index contributed by atoms with van der Waals surface area (Å²) in [5.41, 5.74) is 1.66. The van der Waals surface area contributed by atoms with Crippen molar-refractivity contribution in [1.29, 1.82) is 5.26 Å². The highest BCUT2D eigenvalue weighted by Gasteiger charge is 2.19. The van der Waals surface area contributed by atoms with E-state index in [9.17, 15) is 13.2 Å². The Hall–Kier alpha value is -2.99. The van der Waals surface area contributed by atoms with E-state index in [2.05, 4.69) is 10.0 Å². The van der Waals surface area contributed by atoms with E-state index in [1.165, 1.54) is 17.8 Å². The molecule has 9 heteroatoms. The molecule has 0 fully saturated rings. The Morgan fingerprint density at radius 3 is 2.45 bits per heavy atom. The van der Waals surface area contributed by atoms with Gasteiger partial charge in [-0.3, -0.25) is 9.52 Å². The summed E-state index contributed by atoms with van der Waals surface area (Å²) in [5, 5.41) is 12.0. The number of hydrogen-bond acceptors (Lipinski definition) is 5. The Labute approximate surface area is 190 Å². The standard InChI is InChI=1S/C22H18ClN3O3S2/c1-15-6-9-18(25-22(27)19-4-2-3-5-20(19)30-13-12-24)14-21(15)31(28,29)26-17-10-7-16(23)8-11-17/h2-11,14,26H,13H2,1H3,(H,25,27). The molecule has 0 aromatic heterocycles. The van der Waals surface area contributed by atoms with Gasteiger partial charge in [0, 0.05) is 21.3 Å². The lowest BCUT2D eigenvalue weighted by molar-refractivity contribution is 0.102. The molecule has 1 amide bonds. The van der Waals surface area contributed by atoms with Crippen molar-refractivity contribution in [2.45, 2.75) is 16.7 Å². The largest absolute Gasteiger partial charge is 0.322 e. The molecule has 0 atom stereocenters. The zero-order chi connectivity index (χ0) is 22.4. The number of carbonyl (C=O) groups is 1. The normalized spacial score (nSPS) is 10.9. The van der Waals surface area contributed by atoms with Crippen LogP contribution in [0.2, 0.25) is 5.02 Å². The second-order valence-corrected chi connectivity index (χ2v) is 9.59. The fourth-order valence-electron chi connectivity index (χ4n) is 2.78. The fourth-order valence-corrected chi connectivity index (χ4v) is 4.95. The van der Waals surface area contributed by atoms with Gasteiger partial charge in [-0.05, 0) is 61.0 Å². The highest BCUT2D eigenvalue weighted by Crippen LogP contribution is 2.26. The number of rotatable bonds is 7. The van der Waals surface area contributed by atoms with Crippen molar-refractivity contribution in [2.24, 2.45) is 0 Å². The van der Waals surface area contributed by atoms with Crippen LogP contribution in [0.4, 0.5) is 11.4 Å². The Bertz CT molecular complexity index is 1250. The first-order chi connectivity index (χ1) is 14.8. The van der Waals surface area contributed by atoms with E-state index in [-0.39, 0.29) is 16.6 Å². The Morgan fingerprint density at radius 2 is 1.74 bits per heavy atom. The van der Waals surface area contributed by atoms with Gasteiger partial charge in [0.1, 0.15) is 0 Å². The average molecular weight is 472 g/mol. The number of carbonyl (C=O) groups excluding carboxylic acids is 1. The minimum atomic E-state index is -3.88. The topological polar surface area (TPSA) is 99.1 Å². The van der Waals surface area contributed by atoms with Gasteiger partial charge in [-0.2, -0.15) is 5.26 Å². The van der Waals surface area contributed by atoms with Crippen molar-refractivity contribution >= 4 is 50.7 Å². The van der Waals surface area contributed by atoms with E-state index in [0.717, 1.165) is 0 Å². The molecule has 0 bridgehead atoms. The molecule has 0 saturated carbocycles. The second-order valence-electron chi connectivity index (χ2n) is 6.49. The van der Waals surface area contributed by atoms with E-state index < -0.39 is 10.0 Å². The van der Waals surface area contributed by atoms with Crippen LogP contribution in [0, 0.1) is 18.3 Å². The van der Waals surface area contributed by atoms with Crippen molar-refractivity contribution in [2.75, 3.05) is 15.8 Å². The highest BCUT2D eigenvalue weighted by molar-refractivity contribution is 7.99. The number of thioether (sulfide) groups is 1. The van der Waals surface area contributed by atoms with Gasteiger partial charge in [-0.1, -0.05) is 29.8 Å². The third-order valence-electron chi connectivity index (χ3n) is 4.26. The minimum absolute atomic E-state index is 0.0485. The summed E-state index contributed by atoms with van der Waals surface area (Å²) < 4.78 is 28.3. The van der Waals surface area contributed by atoms with Crippen LogP contribution in [-0.2, 0) is 10.0 Å². The number of anilines is 2. The van der Waals surface area contributed by atoms with E-state index >= 15 is 0 Å². The number of amides is 1. The highest BCUT2D eigenvalue weighted by atomic mass is 35.5. The number of halogens is 1. The zero-order valence-electron chi connectivity index (χ0n) is 16.4.